The Labute approximate surface area is 172 Å². The van der Waals surface area contributed by atoms with Crippen LogP contribution in [0.15, 0.2) is 54.6 Å². The number of Topliss-reactive ketones (excluding diaryl/α,β-unsaturated/α-hetero) is 1. The van der Waals surface area contributed by atoms with Crippen LogP contribution in [-0.4, -0.2) is 25.8 Å². The Hall–Kier alpha value is -3.32. The van der Waals surface area contributed by atoms with E-state index in [0.717, 1.165) is 28.4 Å². The number of nitrogens with zero attached hydrogens (tertiary/aromatic N) is 4. The van der Waals surface area contributed by atoms with Gasteiger partial charge in [0, 0.05) is 6.92 Å². The van der Waals surface area contributed by atoms with Gasteiger partial charge in [-0.1, -0.05) is 35.5 Å². The topological polar surface area (TPSA) is 69.9 Å². The number of aryl methyl sites for hydroxylation is 1. The molecule has 0 bridgehead atoms. The lowest BCUT2D eigenvalue weighted by molar-refractivity contribution is 0.102. The van der Waals surface area contributed by atoms with Crippen molar-refractivity contribution >= 4 is 17.1 Å². The Bertz CT molecular complexity index is 1150. The molecule has 0 radical (unpaired) electrons. The number of ether oxygens (including phenoxy) is 1. The second-order valence-electron chi connectivity index (χ2n) is 6.69. The molecule has 0 aliphatic carbocycles. The molecule has 2 heterocycles. The molecule has 0 fully saturated rings. The molecule has 146 valence electrons. The summed E-state index contributed by atoms with van der Waals surface area (Å²) < 4.78 is 7.60. The highest BCUT2D eigenvalue weighted by atomic mass is 32.1. The van der Waals surface area contributed by atoms with Gasteiger partial charge in [-0.05, 0) is 43.7 Å². The molecule has 0 aliphatic heterocycles. The van der Waals surface area contributed by atoms with Gasteiger partial charge in [-0.25, -0.2) is 9.67 Å². The molecule has 2 aromatic heterocycles. The van der Waals surface area contributed by atoms with Gasteiger partial charge < -0.3 is 4.74 Å². The van der Waals surface area contributed by atoms with Crippen LogP contribution in [0.25, 0.3) is 16.4 Å². The van der Waals surface area contributed by atoms with Crippen molar-refractivity contribution in [2.24, 2.45) is 0 Å². The Balaban J connectivity index is 1.53. The maximum atomic E-state index is 11.7. The number of rotatable bonds is 6. The SMILES string of the molecule is CC(=O)c1sc(-c2nnn(-c3ccc(OCc4ccccc4)cc3)c2C)nc1C. The summed E-state index contributed by atoms with van der Waals surface area (Å²) >= 11 is 1.35. The molecular weight excluding hydrogens is 384 g/mol. The molecule has 2 aromatic carbocycles. The van der Waals surface area contributed by atoms with Crippen LogP contribution >= 0.6 is 11.3 Å². The molecule has 0 spiro atoms. The van der Waals surface area contributed by atoms with E-state index in [0.29, 0.717) is 22.2 Å². The fourth-order valence-corrected chi connectivity index (χ4v) is 4.02. The summed E-state index contributed by atoms with van der Waals surface area (Å²) in [6, 6.07) is 17.8. The van der Waals surface area contributed by atoms with Gasteiger partial charge in [0.15, 0.2) is 5.78 Å². The third-order valence-corrected chi connectivity index (χ3v) is 5.81. The minimum atomic E-state index is 0.0161. The number of carbonyl (C=O) groups excluding carboxylic acids is 1. The van der Waals surface area contributed by atoms with Crippen LogP contribution in [-0.2, 0) is 6.61 Å². The smallest absolute Gasteiger partial charge is 0.171 e. The highest BCUT2D eigenvalue weighted by Crippen LogP contribution is 2.30. The first-order chi connectivity index (χ1) is 14.0. The second-order valence-corrected chi connectivity index (χ2v) is 7.69. The fraction of sp³-hybridized carbons (Fsp3) is 0.182. The fourth-order valence-electron chi connectivity index (χ4n) is 3.02. The van der Waals surface area contributed by atoms with Gasteiger partial charge in [-0.3, -0.25) is 4.79 Å². The minimum absolute atomic E-state index is 0.0161. The van der Waals surface area contributed by atoms with Crippen LogP contribution in [0, 0.1) is 13.8 Å². The monoisotopic (exact) mass is 404 g/mol. The molecule has 7 heteroatoms. The van der Waals surface area contributed by atoms with Crippen LogP contribution in [0.2, 0.25) is 0 Å². The number of ketones is 1. The number of benzene rings is 2. The summed E-state index contributed by atoms with van der Waals surface area (Å²) in [5, 5.41) is 9.28. The van der Waals surface area contributed by atoms with Crippen LogP contribution in [0.1, 0.15) is 33.5 Å². The Morgan fingerprint density at radius 2 is 1.79 bits per heavy atom. The Kier molecular flexibility index (Phi) is 5.22. The van der Waals surface area contributed by atoms with E-state index in [1.807, 2.05) is 68.4 Å². The van der Waals surface area contributed by atoms with Crippen LogP contribution in [0.5, 0.6) is 5.75 Å². The Morgan fingerprint density at radius 3 is 2.45 bits per heavy atom. The summed E-state index contributed by atoms with van der Waals surface area (Å²) in [6.07, 6.45) is 0. The standard InChI is InChI=1S/C22H20N4O2S/c1-14-21(16(3)27)29-22(23-14)20-15(2)26(25-24-20)18-9-11-19(12-10-18)28-13-17-7-5-4-6-8-17/h4-12H,13H2,1-3H3. The maximum Gasteiger partial charge on any atom is 0.171 e. The van der Waals surface area contributed by atoms with Crippen LogP contribution in [0.4, 0.5) is 0 Å². The van der Waals surface area contributed by atoms with Crippen molar-refractivity contribution in [2.45, 2.75) is 27.4 Å². The third kappa shape index (κ3) is 3.95. The van der Waals surface area contributed by atoms with Crippen molar-refractivity contribution in [3.8, 4) is 22.1 Å². The summed E-state index contributed by atoms with van der Waals surface area (Å²) in [6.45, 7) is 5.86. The minimum Gasteiger partial charge on any atom is -0.489 e. The molecule has 4 rings (SSSR count). The average molecular weight is 404 g/mol. The zero-order valence-electron chi connectivity index (χ0n) is 16.4. The van der Waals surface area contributed by atoms with E-state index < -0.39 is 0 Å². The van der Waals surface area contributed by atoms with Gasteiger partial charge in [-0.2, -0.15) is 0 Å². The molecule has 0 atom stereocenters. The van der Waals surface area contributed by atoms with Gasteiger partial charge in [0.1, 0.15) is 23.1 Å². The first kappa shape index (κ1) is 19.0. The quantitative estimate of drug-likeness (QED) is 0.432. The number of aromatic nitrogens is 4. The van der Waals surface area contributed by atoms with Crippen molar-refractivity contribution < 1.29 is 9.53 Å². The predicted octanol–water partition coefficient (Wildman–Crippen LogP) is 4.79. The number of hydrogen-bond donors (Lipinski definition) is 0. The lowest BCUT2D eigenvalue weighted by Crippen LogP contribution is -2.00. The molecule has 0 saturated heterocycles. The Morgan fingerprint density at radius 1 is 1.07 bits per heavy atom. The van der Waals surface area contributed by atoms with Crippen LogP contribution in [0.3, 0.4) is 0 Å². The van der Waals surface area contributed by atoms with E-state index in [4.69, 9.17) is 4.74 Å². The van der Waals surface area contributed by atoms with Gasteiger partial charge in [0.05, 0.1) is 22.0 Å². The molecule has 0 saturated carbocycles. The van der Waals surface area contributed by atoms with E-state index in [2.05, 4.69) is 15.3 Å². The van der Waals surface area contributed by atoms with Gasteiger partial charge >= 0.3 is 0 Å². The highest BCUT2D eigenvalue weighted by Gasteiger charge is 2.19. The summed E-state index contributed by atoms with van der Waals surface area (Å²) in [5.41, 5.74) is 4.29. The maximum absolute atomic E-state index is 11.7. The highest BCUT2D eigenvalue weighted by molar-refractivity contribution is 7.17. The van der Waals surface area contributed by atoms with E-state index >= 15 is 0 Å². The van der Waals surface area contributed by atoms with Crippen molar-refractivity contribution in [1.29, 1.82) is 0 Å². The van der Waals surface area contributed by atoms with E-state index in [1.54, 1.807) is 11.6 Å². The van der Waals surface area contributed by atoms with Crippen LogP contribution < -0.4 is 4.74 Å². The molecule has 0 amide bonds. The molecule has 6 nitrogen and oxygen atoms in total. The molecule has 0 unspecified atom stereocenters. The number of hydrogen-bond acceptors (Lipinski definition) is 6. The zero-order valence-corrected chi connectivity index (χ0v) is 17.2. The van der Waals surface area contributed by atoms with Gasteiger partial charge in [0.25, 0.3) is 0 Å². The third-order valence-electron chi connectivity index (χ3n) is 4.54. The van der Waals surface area contributed by atoms with Crippen molar-refractivity contribution in [3.63, 3.8) is 0 Å². The van der Waals surface area contributed by atoms with Gasteiger partial charge in [-0.15, -0.1) is 16.4 Å². The van der Waals surface area contributed by atoms with Crippen molar-refractivity contribution in [2.75, 3.05) is 0 Å². The molecule has 29 heavy (non-hydrogen) atoms. The number of carbonyl (C=O) groups is 1. The lowest BCUT2D eigenvalue weighted by Gasteiger charge is -2.08. The molecule has 0 N–H and O–H groups in total. The van der Waals surface area contributed by atoms with E-state index in [9.17, 15) is 4.79 Å². The van der Waals surface area contributed by atoms with Gasteiger partial charge in [0.2, 0.25) is 0 Å². The van der Waals surface area contributed by atoms with Crippen molar-refractivity contribution in [1.82, 2.24) is 20.0 Å². The van der Waals surface area contributed by atoms with Crippen molar-refractivity contribution in [3.05, 3.63) is 76.4 Å². The second kappa shape index (κ2) is 7.97. The number of thiazole rings is 1. The first-order valence-electron chi connectivity index (χ1n) is 9.21. The average Bonchev–Trinajstić information content (AvgIpc) is 3.30. The first-order valence-corrected chi connectivity index (χ1v) is 10.0. The van der Waals surface area contributed by atoms with E-state index in [1.165, 1.54) is 11.3 Å². The summed E-state index contributed by atoms with van der Waals surface area (Å²) in [7, 11) is 0. The normalized spacial score (nSPS) is 10.9. The predicted molar refractivity (Wildman–Crippen MR) is 113 cm³/mol. The largest absolute Gasteiger partial charge is 0.489 e. The lowest BCUT2D eigenvalue weighted by atomic mass is 10.2. The summed E-state index contributed by atoms with van der Waals surface area (Å²) in [5.74, 6) is 0.805. The summed E-state index contributed by atoms with van der Waals surface area (Å²) in [4.78, 5) is 16.9. The zero-order chi connectivity index (χ0) is 20.4. The van der Waals surface area contributed by atoms with E-state index in [-0.39, 0.29) is 5.78 Å². The molecule has 0 aliphatic rings. The molecule has 4 aromatic rings. The molecular formula is C22H20N4O2S.